The minimum atomic E-state index is -4.19. The number of nitro groups is 1. The summed E-state index contributed by atoms with van der Waals surface area (Å²) < 4.78 is 37.3. The minimum absolute atomic E-state index is 0.296. The average molecular weight is 535 g/mol. The SMILES string of the molecule is CC(=O)C(O)[C@H]1O[C@](O)(Oc2ccc([N+](=O)[O-])cc2C(F)F)[C@@](O)(C(C)=O)[C@](O)(C(C)=O)[C@]1(O)C(C)=O. The van der Waals surface area contributed by atoms with Gasteiger partial charge in [0.15, 0.2) is 28.7 Å². The molecule has 0 bridgehead atoms. The maximum Gasteiger partial charge on any atom is 0.367 e. The van der Waals surface area contributed by atoms with E-state index in [9.17, 15) is 63.6 Å². The number of benzene rings is 1. The maximum atomic E-state index is 13.7. The lowest BCUT2D eigenvalue weighted by Gasteiger charge is -2.60. The monoisotopic (exact) mass is 535 g/mol. The Morgan fingerprint density at radius 1 is 1.00 bits per heavy atom. The van der Waals surface area contributed by atoms with Crippen LogP contribution in [-0.4, -0.2) is 88.6 Å². The molecule has 1 aliphatic rings. The molecule has 6 atom stereocenters. The summed E-state index contributed by atoms with van der Waals surface area (Å²) in [7, 11) is 0. The molecule has 1 aromatic carbocycles. The van der Waals surface area contributed by atoms with Crippen molar-refractivity contribution in [3.8, 4) is 5.75 Å². The van der Waals surface area contributed by atoms with Gasteiger partial charge in [-0.15, -0.1) is 0 Å². The van der Waals surface area contributed by atoms with Crippen LogP contribution in [0.1, 0.15) is 39.7 Å². The van der Waals surface area contributed by atoms with Crippen LogP contribution in [0.2, 0.25) is 0 Å². The number of hydrogen-bond acceptors (Lipinski definition) is 13. The molecule has 204 valence electrons. The highest BCUT2D eigenvalue weighted by Crippen LogP contribution is 2.52. The fraction of sp³-hybridized carbons (Fsp3) is 0.524. The van der Waals surface area contributed by atoms with Crippen LogP contribution in [0.4, 0.5) is 14.5 Å². The van der Waals surface area contributed by atoms with E-state index in [1.165, 1.54) is 0 Å². The lowest BCUT2D eigenvalue weighted by molar-refractivity contribution is -0.468. The van der Waals surface area contributed by atoms with Gasteiger partial charge < -0.3 is 35.0 Å². The molecule has 1 unspecified atom stereocenters. The maximum absolute atomic E-state index is 13.7. The highest BCUT2D eigenvalue weighted by Gasteiger charge is 2.85. The number of Topliss-reactive ketones (excluding diaryl/α,β-unsaturated/α-hetero) is 4. The van der Waals surface area contributed by atoms with Gasteiger partial charge in [0.2, 0.25) is 5.60 Å². The summed E-state index contributed by atoms with van der Waals surface area (Å²) in [4.78, 5) is 59.7. The van der Waals surface area contributed by atoms with E-state index in [2.05, 4.69) is 0 Å². The Labute approximate surface area is 206 Å². The van der Waals surface area contributed by atoms with Crippen LogP contribution >= 0.6 is 0 Å². The van der Waals surface area contributed by atoms with Crippen molar-refractivity contribution >= 4 is 28.8 Å². The Bertz CT molecular complexity index is 1180. The molecule has 0 spiro atoms. The molecule has 1 aliphatic heterocycles. The van der Waals surface area contributed by atoms with Gasteiger partial charge >= 0.3 is 5.97 Å². The second-order valence-corrected chi connectivity index (χ2v) is 8.41. The van der Waals surface area contributed by atoms with Crippen molar-refractivity contribution in [2.75, 3.05) is 0 Å². The minimum Gasteiger partial charge on any atom is -0.436 e. The van der Waals surface area contributed by atoms with E-state index < -0.39 is 86.5 Å². The number of rotatable bonds is 9. The molecular weight excluding hydrogens is 512 g/mol. The molecular formula is C21H23F2NO13. The van der Waals surface area contributed by atoms with Crippen LogP contribution in [0.3, 0.4) is 0 Å². The standard InChI is InChI=1S/C21H23F2NO13/c1-8(25)15(29)16-18(30,9(2)26)19(31,10(3)27)20(32,11(4)28)21(33,37-16)36-14-6-5-12(24(34)35)7-13(14)17(22)23/h5-7,15-17,29-33H,1-4H3/t15?,16-,18+,19+,20-,21-/m1/s1. The molecule has 0 amide bonds. The van der Waals surface area contributed by atoms with E-state index in [1.54, 1.807) is 0 Å². The van der Waals surface area contributed by atoms with Gasteiger partial charge in [0.1, 0.15) is 18.0 Å². The Balaban J connectivity index is 2.98. The summed E-state index contributed by atoms with van der Waals surface area (Å²) in [6.07, 6.45) is -9.03. The topological polar surface area (TPSA) is 231 Å². The number of nitro benzene ring substituents is 1. The number of aliphatic hydroxyl groups excluding tert-OH is 1. The number of carbonyl (C=O) groups excluding carboxylic acids is 4. The van der Waals surface area contributed by atoms with Gasteiger partial charge in [-0.05, 0) is 33.8 Å². The van der Waals surface area contributed by atoms with Crippen LogP contribution in [0, 0.1) is 10.1 Å². The zero-order valence-electron chi connectivity index (χ0n) is 19.7. The number of carbonyl (C=O) groups is 4. The quantitative estimate of drug-likeness (QED) is 0.143. The molecule has 0 saturated carbocycles. The molecule has 1 saturated heterocycles. The number of ether oxygens (including phenoxy) is 2. The number of aliphatic hydroxyl groups is 5. The third-order valence-electron chi connectivity index (χ3n) is 6.18. The lowest BCUT2D eigenvalue weighted by atomic mass is 9.59. The van der Waals surface area contributed by atoms with Crippen LogP contribution in [0.25, 0.3) is 0 Å². The number of halogens is 2. The van der Waals surface area contributed by atoms with Gasteiger partial charge in [0.05, 0.1) is 10.5 Å². The second kappa shape index (κ2) is 9.55. The highest BCUT2D eigenvalue weighted by atomic mass is 19.3. The van der Waals surface area contributed by atoms with Crippen molar-refractivity contribution < 1.29 is 67.9 Å². The van der Waals surface area contributed by atoms with Gasteiger partial charge in [-0.1, -0.05) is 0 Å². The molecule has 0 radical (unpaired) electrons. The fourth-order valence-electron chi connectivity index (χ4n) is 4.17. The summed E-state index contributed by atoms with van der Waals surface area (Å²) >= 11 is 0. The Morgan fingerprint density at radius 3 is 1.89 bits per heavy atom. The molecule has 16 heteroatoms. The molecule has 37 heavy (non-hydrogen) atoms. The van der Waals surface area contributed by atoms with Crippen molar-refractivity contribution in [1.29, 1.82) is 0 Å². The Morgan fingerprint density at radius 2 is 1.51 bits per heavy atom. The van der Waals surface area contributed by atoms with E-state index in [4.69, 9.17) is 9.47 Å². The van der Waals surface area contributed by atoms with E-state index >= 15 is 0 Å². The first-order valence-electron chi connectivity index (χ1n) is 10.3. The van der Waals surface area contributed by atoms with Crippen LogP contribution in [0.5, 0.6) is 5.75 Å². The van der Waals surface area contributed by atoms with Crippen molar-refractivity contribution in [3.05, 3.63) is 33.9 Å². The molecule has 14 nitrogen and oxygen atoms in total. The summed E-state index contributed by atoms with van der Waals surface area (Å²) in [5.74, 6) is -11.9. The first kappa shape index (κ1) is 29.9. The molecule has 5 N–H and O–H groups in total. The van der Waals surface area contributed by atoms with Gasteiger partial charge in [-0.2, -0.15) is 0 Å². The number of non-ortho nitro benzene ring substituents is 1. The second-order valence-electron chi connectivity index (χ2n) is 8.41. The number of nitrogens with zero attached hydrogens (tertiary/aromatic N) is 1. The van der Waals surface area contributed by atoms with Crippen molar-refractivity contribution in [3.63, 3.8) is 0 Å². The lowest BCUT2D eigenvalue weighted by Crippen LogP contribution is -2.91. The molecule has 1 heterocycles. The smallest absolute Gasteiger partial charge is 0.367 e. The third kappa shape index (κ3) is 4.11. The van der Waals surface area contributed by atoms with E-state index in [0.717, 1.165) is 0 Å². The largest absolute Gasteiger partial charge is 0.436 e. The molecule has 1 aromatic rings. The number of hydrogen-bond donors (Lipinski definition) is 5. The van der Waals surface area contributed by atoms with Crippen LogP contribution in [0.15, 0.2) is 18.2 Å². The van der Waals surface area contributed by atoms with Gasteiger partial charge in [0, 0.05) is 12.1 Å². The molecule has 0 aliphatic carbocycles. The van der Waals surface area contributed by atoms with Crippen LogP contribution in [-0.2, 0) is 23.9 Å². The molecule has 2 rings (SSSR count). The third-order valence-corrected chi connectivity index (χ3v) is 6.18. The molecule has 1 fully saturated rings. The van der Waals surface area contributed by atoms with Crippen molar-refractivity contribution in [2.45, 2.75) is 69.1 Å². The summed E-state index contributed by atoms with van der Waals surface area (Å²) in [5.41, 5.74) is -14.3. The van der Waals surface area contributed by atoms with E-state index in [0.29, 0.717) is 45.9 Å². The van der Waals surface area contributed by atoms with Gasteiger partial charge in [-0.25, -0.2) is 8.78 Å². The average Bonchev–Trinajstić information content (AvgIpc) is 2.78. The predicted molar refractivity (Wildman–Crippen MR) is 112 cm³/mol. The predicted octanol–water partition coefficient (Wildman–Crippen LogP) is -1.13. The summed E-state index contributed by atoms with van der Waals surface area (Å²) in [6.45, 7) is 2.09. The first-order chi connectivity index (χ1) is 16.7. The summed E-state index contributed by atoms with van der Waals surface area (Å²) in [5, 5.41) is 66.5. The first-order valence-corrected chi connectivity index (χ1v) is 10.3. The van der Waals surface area contributed by atoms with Gasteiger partial charge in [-0.3, -0.25) is 29.3 Å². The zero-order valence-corrected chi connectivity index (χ0v) is 19.7. The zero-order chi connectivity index (χ0) is 28.9. The summed E-state index contributed by atoms with van der Waals surface area (Å²) in [6, 6.07) is 1.38. The van der Waals surface area contributed by atoms with Crippen molar-refractivity contribution in [1.82, 2.24) is 0 Å². The normalized spacial score (nSPS) is 32.5. The Kier molecular flexibility index (Phi) is 7.73. The van der Waals surface area contributed by atoms with Gasteiger partial charge in [0.25, 0.3) is 17.7 Å². The van der Waals surface area contributed by atoms with E-state index in [-0.39, 0.29) is 0 Å². The highest BCUT2D eigenvalue weighted by molar-refractivity contribution is 6.06. The molecule has 0 aromatic heterocycles. The van der Waals surface area contributed by atoms with Crippen LogP contribution < -0.4 is 4.74 Å². The Hall–Kier alpha value is -3.28. The van der Waals surface area contributed by atoms with E-state index in [1.807, 2.05) is 0 Å². The fourth-order valence-corrected chi connectivity index (χ4v) is 4.17. The van der Waals surface area contributed by atoms with Crippen molar-refractivity contribution in [2.24, 2.45) is 0 Å². The number of ketones is 4. The number of alkyl halides is 2.